The lowest BCUT2D eigenvalue weighted by atomic mass is 10.0. The molecule has 1 fully saturated rings. The van der Waals surface area contributed by atoms with E-state index in [1.54, 1.807) is 24.3 Å². The Labute approximate surface area is 107 Å². The quantitative estimate of drug-likeness (QED) is 0.815. The van der Waals surface area contributed by atoms with Crippen molar-refractivity contribution in [2.75, 3.05) is 13.2 Å². The van der Waals surface area contributed by atoms with E-state index in [2.05, 4.69) is 0 Å². The molecule has 1 aromatic rings. The molecule has 1 aromatic carbocycles. The Bertz CT molecular complexity index is 511. The molecule has 18 heavy (non-hydrogen) atoms. The van der Waals surface area contributed by atoms with Crippen molar-refractivity contribution >= 4 is 10.0 Å². The Morgan fingerprint density at radius 1 is 1.39 bits per heavy atom. The van der Waals surface area contributed by atoms with Gasteiger partial charge in [-0.15, -0.1) is 0 Å². The predicted molar refractivity (Wildman–Crippen MR) is 66.6 cm³/mol. The monoisotopic (exact) mass is 271 g/mol. The van der Waals surface area contributed by atoms with E-state index >= 15 is 0 Å². The van der Waals surface area contributed by atoms with Crippen molar-refractivity contribution in [3.63, 3.8) is 0 Å². The smallest absolute Gasteiger partial charge is 0.243 e. The van der Waals surface area contributed by atoms with Crippen LogP contribution in [0.2, 0.25) is 0 Å². The fraction of sp³-hybridized carbons (Fsp3) is 0.500. The predicted octanol–water partition coefficient (Wildman–Crippen LogP) is 0.111. The van der Waals surface area contributed by atoms with Crippen LogP contribution in [0.4, 0.5) is 0 Å². The average Bonchev–Trinajstić information content (AvgIpc) is 2.27. The van der Waals surface area contributed by atoms with Crippen LogP contribution >= 0.6 is 0 Å². The Morgan fingerprint density at radius 2 is 2.00 bits per heavy atom. The summed E-state index contributed by atoms with van der Waals surface area (Å²) < 4.78 is 25.8. The van der Waals surface area contributed by atoms with Gasteiger partial charge < -0.3 is 10.2 Å². The van der Waals surface area contributed by atoms with E-state index in [9.17, 15) is 13.5 Å². The molecule has 1 aliphatic rings. The van der Waals surface area contributed by atoms with Crippen LogP contribution in [0.3, 0.4) is 0 Å². The van der Waals surface area contributed by atoms with Gasteiger partial charge in [0.25, 0.3) is 0 Å². The van der Waals surface area contributed by atoms with Crippen molar-refractivity contribution in [2.45, 2.75) is 30.4 Å². The molecule has 0 aliphatic carbocycles. The summed E-state index contributed by atoms with van der Waals surface area (Å²) in [4.78, 5) is 0.225. The number of aliphatic hydroxyl groups is 2. The SMILES string of the molecule is Cc1ccc(S(=O)(=O)N2CC[C@H]2[C@H](O)CO)cc1. The summed E-state index contributed by atoms with van der Waals surface area (Å²) >= 11 is 0. The fourth-order valence-corrected chi connectivity index (χ4v) is 3.73. The average molecular weight is 271 g/mol. The van der Waals surface area contributed by atoms with Gasteiger partial charge in [-0.2, -0.15) is 4.31 Å². The van der Waals surface area contributed by atoms with Crippen LogP contribution in [0.1, 0.15) is 12.0 Å². The van der Waals surface area contributed by atoms with E-state index in [-0.39, 0.29) is 4.90 Å². The highest BCUT2D eigenvalue weighted by molar-refractivity contribution is 7.89. The number of sulfonamides is 1. The third-order valence-corrected chi connectivity index (χ3v) is 5.21. The standard InChI is InChI=1S/C12H17NO4S/c1-9-2-4-10(5-3-9)18(16,17)13-7-6-11(13)12(15)8-14/h2-5,11-12,14-15H,6-8H2,1H3/t11-,12+/m0/s1. The summed E-state index contributed by atoms with van der Waals surface area (Å²) in [5.41, 5.74) is 0.990. The van der Waals surface area contributed by atoms with Gasteiger partial charge in [-0.1, -0.05) is 17.7 Å². The molecule has 2 N–H and O–H groups in total. The van der Waals surface area contributed by atoms with Crippen molar-refractivity contribution in [1.29, 1.82) is 0 Å². The lowest BCUT2D eigenvalue weighted by Crippen LogP contribution is -2.57. The van der Waals surface area contributed by atoms with Gasteiger partial charge in [0.2, 0.25) is 10.0 Å². The molecular formula is C12H17NO4S. The fourth-order valence-electron chi connectivity index (χ4n) is 2.03. The van der Waals surface area contributed by atoms with Crippen LogP contribution in [0.15, 0.2) is 29.2 Å². The molecule has 0 radical (unpaired) electrons. The van der Waals surface area contributed by atoms with Crippen molar-refractivity contribution in [3.8, 4) is 0 Å². The van der Waals surface area contributed by atoms with Crippen molar-refractivity contribution in [2.24, 2.45) is 0 Å². The summed E-state index contributed by atoms with van der Waals surface area (Å²) in [7, 11) is -3.56. The first kappa shape index (κ1) is 13.5. The Kier molecular flexibility index (Phi) is 3.72. The van der Waals surface area contributed by atoms with E-state index in [1.165, 1.54) is 4.31 Å². The van der Waals surface area contributed by atoms with E-state index in [4.69, 9.17) is 5.11 Å². The third-order valence-electron chi connectivity index (χ3n) is 3.27. The minimum atomic E-state index is -3.56. The zero-order valence-electron chi connectivity index (χ0n) is 10.2. The van der Waals surface area contributed by atoms with Gasteiger partial charge in [0, 0.05) is 6.54 Å². The summed E-state index contributed by atoms with van der Waals surface area (Å²) in [6, 6.07) is 6.09. The van der Waals surface area contributed by atoms with Crippen molar-refractivity contribution < 1.29 is 18.6 Å². The van der Waals surface area contributed by atoms with E-state index in [0.29, 0.717) is 13.0 Å². The van der Waals surface area contributed by atoms with Crippen LogP contribution in [0.5, 0.6) is 0 Å². The molecule has 2 atom stereocenters. The summed E-state index contributed by atoms with van der Waals surface area (Å²) in [5, 5.41) is 18.4. The second kappa shape index (κ2) is 4.97. The Hall–Kier alpha value is -0.950. The Morgan fingerprint density at radius 3 is 2.44 bits per heavy atom. The molecule has 1 aliphatic heterocycles. The number of nitrogens with zero attached hydrogens (tertiary/aromatic N) is 1. The zero-order chi connectivity index (χ0) is 13.3. The third kappa shape index (κ3) is 2.29. The maximum Gasteiger partial charge on any atom is 0.243 e. The molecule has 0 amide bonds. The second-order valence-corrected chi connectivity index (χ2v) is 6.43. The highest BCUT2D eigenvalue weighted by Crippen LogP contribution is 2.28. The van der Waals surface area contributed by atoms with Crippen LogP contribution in [0.25, 0.3) is 0 Å². The molecule has 0 aromatic heterocycles. The highest BCUT2D eigenvalue weighted by atomic mass is 32.2. The molecule has 5 nitrogen and oxygen atoms in total. The van der Waals surface area contributed by atoms with Crippen LogP contribution in [0, 0.1) is 6.92 Å². The van der Waals surface area contributed by atoms with E-state index < -0.39 is 28.8 Å². The number of benzene rings is 1. The number of hydrogen-bond donors (Lipinski definition) is 2. The Balaban J connectivity index is 2.24. The second-order valence-electron chi connectivity index (χ2n) is 4.53. The van der Waals surface area contributed by atoms with Gasteiger partial charge in [-0.3, -0.25) is 0 Å². The number of aryl methyl sites for hydroxylation is 1. The minimum Gasteiger partial charge on any atom is -0.394 e. The van der Waals surface area contributed by atoms with Crippen molar-refractivity contribution in [1.82, 2.24) is 4.31 Å². The molecule has 0 unspecified atom stereocenters. The van der Waals surface area contributed by atoms with Gasteiger partial charge in [0.05, 0.1) is 23.6 Å². The number of hydrogen-bond acceptors (Lipinski definition) is 4. The van der Waals surface area contributed by atoms with E-state index in [0.717, 1.165) is 5.56 Å². The summed E-state index contributed by atoms with van der Waals surface area (Å²) in [5.74, 6) is 0. The summed E-state index contributed by atoms with van der Waals surface area (Å²) in [6.45, 7) is 1.85. The van der Waals surface area contributed by atoms with Gasteiger partial charge in [-0.05, 0) is 25.5 Å². The number of aliphatic hydroxyl groups excluding tert-OH is 2. The maximum absolute atomic E-state index is 12.3. The molecule has 1 saturated heterocycles. The normalized spacial score (nSPS) is 22.5. The van der Waals surface area contributed by atoms with Crippen LogP contribution in [-0.4, -0.2) is 48.2 Å². The lowest BCUT2D eigenvalue weighted by Gasteiger charge is -2.41. The molecule has 2 rings (SSSR count). The first-order chi connectivity index (χ1) is 8.46. The zero-order valence-corrected chi connectivity index (χ0v) is 11.0. The minimum absolute atomic E-state index is 0.225. The topological polar surface area (TPSA) is 77.8 Å². The summed E-state index contributed by atoms with van der Waals surface area (Å²) in [6.07, 6.45) is -0.439. The molecule has 1 heterocycles. The van der Waals surface area contributed by atoms with Gasteiger partial charge in [0.1, 0.15) is 0 Å². The van der Waals surface area contributed by atoms with Crippen LogP contribution < -0.4 is 0 Å². The molecular weight excluding hydrogens is 254 g/mol. The highest BCUT2D eigenvalue weighted by Gasteiger charge is 2.41. The molecule has 6 heteroatoms. The largest absolute Gasteiger partial charge is 0.394 e. The van der Waals surface area contributed by atoms with Gasteiger partial charge in [-0.25, -0.2) is 8.42 Å². The van der Waals surface area contributed by atoms with Gasteiger partial charge >= 0.3 is 0 Å². The van der Waals surface area contributed by atoms with Gasteiger partial charge in [0.15, 0.2) is 0 Å². The maximum atomic E-state index is 12.3. The first-order valence-electron chi connectivity index (χ1n) is 5.84. The molecule has 0 spiro atoms. The number of rotatable bonds is 4. The van der Waals surface area contributed by atoms with E-state index in [1.807, 2.05) is 6.92 Å². The van der Waals surface area contributed by atoms with Crippen molar-refractivity contribution in [3.05, 3.63) is 29.8 Å². The lowest BCUT2D eigenvalue weighted by molar-refractivity contribution is 0.00147. The molecule has 0 saturated carbocycles. The molecule has 100 valence electrons. The first-order valence-corrected chi connectivity index (χ1v) is 7.28. The molecule has 0 bridgehead atoms. The van der Waals surface area contributed by atoms with Crippen LogP contribution in [-0.2, 0) is 10.0 Å².